The quantitative estimate of drug-likeness (QED) is 0.151. The summed E-state index contributed by atoms with van der Waals surface area (Å²) in [7, 11) is -4.57. The van der Waals surface area contributed by atoms with Gasteiger partial charge in [0.05, 0.1) is 13.2 Å². The molecule has 0 aromatic rings. The van der Waals surface area contributed by atoms with Crippen LogP contribution in [0.1, 0.15) is 98.8 Å². The van der Waals surface area contributed by atoms with Crippen LogP contribution in [0.4, 0.5) is 0 Å². The molecule has 0 aromatic carbocycles. The molecule has 0 spiro atoms. The fourth-order valence-electron chi connectivity index (χ4n) is 4.62. The van der Waals surface area contributed by atoms with Crippen LogP contribution in [0.2, 0.25) is 0 Å². The maximum absolute atomic E-state index is 12.2. The predicted octanol–water partition coefficient (Wildman–Crippen LogP) is 4.39. The molecule has 0 bridgehead atoms. The molecule has 36 heavy (non-hydrogen) atoms. The van der Waals surface area contributed by atoms with Crippen LogP contribution in [0.3, 0.4) is 0 Å². The van der Waals surface area contributed by atoms with Crippen molar-refractivity contribution in [3.63, 3.8) is 0 Å². The first-order valence-corrected chi connectivity index (χ1v) is 15.3. The normalized spacial score (nSPS) is 29.1. The van der Waals surface area contributed by atoms with Crippen LogP contribution in [0, 0.1) is 23.7 Å². The van der Waals surface area contributed by atoms with Gasteiger partial charge < -0.3 is 30.1 Å². The van der Waals surface area contributed by atoms with Gasteiger partial charge in [0.25, 0.3) is 0 Å². The molecule has 1 aliphatic heterocycles. The third-order valence-electron chi connectivity index (χ3n) is 7.22. The summed E-state index contributed by atoms with van der Waals surface area (Å²) < 4.78 is 27.2. The van der Waals surface area contributed by atoms with Gasteiger partial charge in [0.2, 0.25) is 0 Å². The molecule has 1 aliphatic rings. The van der Waals surface area contributed by atoms with E-state index in [2.05, 4.69) is 34.6 Å². The monoisotopic (exact) mass is 540 g/mol. The summed E-state index contributed by atoms with van der Waals surface area (Å²) in [5.74, 6) is 2.61. The second kappa shape index (κ2) is 17.5. The number of ether oxygens (including phenoxy) is 1. The third-order valence-corrected chi connectivity index (χ3v) is 8.20. The molecule has 9 atom stereocenters. The maximum atomic E-state index is 12.2. The average Bonchev–Trinajstić information content (AvgIpc) is 2.79. The fourth-order valence-corrected chi connectivity index (χ4v) is 5.46. The lowest BCUT2D eigenvalue weighted by Gasteiger charge is -2.39. The first kappa shape index (κ1) is 33.9. The van der Waals surface area contributed by atoms with Gasteiger partial charge in [-0.15, -0.1) is 0 Å². The minimum atomic E-state index is -4.57. The van der Waals surface area contributed by atoms with Crippen molar-refractivity contribution in [2.75, 3.05) is 13.2 Å². The highest BCUT2D eigenvalue weighted by Crippen LogP contribution is 2.46. The lowest BCUT2D eigenvalue weighted by Crippen LogP contribution is -2.58. The van der Waals surface area contributed by atoms with E-state index < -0.39 is 45.1 Å². The standard InChI is InChI=1S/C26H53O9P/c1-18(2)9-6-10-19(3)11-7-12-20(4)13-8-14-21(5)15-16-33-36(31,32)35-26-25(30)24(29)23(28)22(17-27)34-26/h18-30H,6-17H2,1-5H3,(H,31,32)/t19-,20+,21-,22+,23+,24-,25-,26-/m0/s1. The molecule has 0 amide bonds. The van der Waals surface area contributed by atoms with E-state index in [0.29, 0.717) is 18.3 Å². The van der Waals surface area contributed by atoms with E-state index in [1.807, 2.05) is 0 Å². The first-order valence-electron chi connectivity index (χ1n) is 13.8. The van der Waals surface area contributed by atoms with Crippen LogP contribution in [0.15, 0.2) is 0 Å². The molecular weight excluding hydrogens is 487 g/mol. The van der Waals surface area contributed by atoms with Gasteiger partial charge in [0.1, 0.15) is 24.4 Å². The minimum Gasteiger partial charge on any atom is -0.394 e. The molecule has 0 aromatic heterocycles. The highest BCUT2D eigenvalue weighted by atomic mass is 31.2. The molecule has 1 fully saturated rings. The zero-order valence-corrected chi connectivity index (χ0v) is 23.9. The Bertz CT molecular complexity index is 618. The van der Waals surface area contributed by atoms with E-state index in [4.69, 9.17) is 13.8 Å². The Balaban J connectivity index is 2.19. The second-order valence-electron chi connectivity index (χ2n) is 11.4. The molecule has 0 radical (unpaired) electrons. The molecule has 5 N–H and O–H groups in total. The van der Waals surface area contributed by atoms with E-state index in [-0.39, 0.29) is 6.61 Å². The number of phosphoric ester groups is 1. The molecular formula is C26H53O9P. The zero-order chi connectivity index (χ0) is 27.3. The molecule has 1 unspecified atom stereocenters. The van der Waals surface area contributed by atoms with Crippen molar-refractivity contribution in [3.8, 4) is 0 Å². The van der Waals surface area contributed by atoms with Gasteiger partial charge in [0.15, 0.2) is 6.29 Å². The summed E-state index contributed by atoms with van der Waals surface area (Å²) in [6.07, 6.45) is 3.73. The molecule has 1 rings (SSSR count). The highest BCUT2D eigenvalue weighted by molar-refractivity contribution is 7.47. The van der Waals surface area contributed by atoms with Gasteiger partial charge in [-0.1, -0.05) is 92.4 Å². The molecule has 9 nitrogen and oxygen atoms in total. The smallest absolute Gasteiger partial charge is 0.394 e. The number of aliphatic hydroxyl groups is 4. The molecule has 0 aliphatic carbocycles. The number of phosphoric acid groups is 1. The number of rotatable bonds is 19. The summed E-state index contributed by atoms with van der Waals surface area (Å²) in [6, 6.07) is 0. The van der Waals surface area contributed by atoms with Gasteiger partial charge in [-0.2, -0.15) is 0 Å². The number of aliphatic hydroxyl groups excluding tert-OH is 4. The fraction of sp³-hybridized carbons (Fsp3) is 1.00. The van der Waals surface area contributed by atoms with Gasteiger partial charge in [-0.3, -0.25) is 9.05 Å². The molecule has 1 heterocycles. The average molecular weight is 541 g/mol. The van der Waals surface area contributed by atoms with Crippen molar-refractivity contribution in [1.82, 2.24) is 0 Å². The van der Waals surface area contributed by atoms with E-state index in [1.54, 1.807) is 0 Å². The van der Waals surface area contributed by atoms with Crippen LogP contribution < -0.4 is 0 Å². The van der Waals surface area contributed by atoms with Crippen molar-refractivity contribution in [2.45, 2.75) is 130 Å². The summed E-state index contributed by atoms with van der Waals surface area (Å²) in [5.41, 5.74) is 0. The van der Waals surface area contributed by atoms with Crippen molar-refractivity contribution in [1.29, 1.82) is 0 Å². The van der Waals surface area contributed by atoms with Gasteiger partial charge in [-0.25, -0.2) is 4.57 Å². The maximum Gasteiger partial charge on any atom is 0.474 e. The molecule has 216 valence electrons. The predicted molar refractivity (Wildman–Crippen MR) is 139 cm³/mol. The number of hydrogen-bond acceptors (Lipinski definition) is 8. The van der Waals surface area contributed by atoms with Gasteiger partial charge >= 0.3 is 7.82 Å². The van der Waals surface area contributed by atoms with E-state index in [1.165, 1.54) is 44.9 Å². The SMILES string of the molecule is CC(C)CCC[C@H](C)CCC[C@@H](C)CCC[C@H](C)CCOP(=O)(O)O[C@@H]1O[C@H](CO)[C@@H](O)[C@H](O)[C@@H]1O. The highest BCUT2D eigenvalue weighted by Gasteiger charge is 2.46. The van der Waals surface area contributed by atoms with E-state index in [0.717, 1.165) is 24.7 Å². The summed E-state index contributed by atoms with van der Waals surface area (Å²) >= 11 is 0. The summed E-state index contributed by atoms with van der Waals surface area (Å²) in [4.78, 5) is 9.96. The van der Waals surface area contributed by atoms with Crippen LogP contribution in [-0.4, -0.2) is 69.2 Å². The Hall–Kier alpha value is -0.0900. The van der Waals surface area contributed by atoms with Crippen LogP contribution in [0.5, 0.6) is 0 Å². The van der Waals surface area contributed by atoms with E-state index >= 15 is 0 Å². The first-order chi connectivity index (χ1) is 16.9. The van der Waals surface area contributed by atoms with E-state index in [9.17, 15) is 29.9 Å². The topological polar surface area (TPSA) is 146 Å². The lowest BCUT2D eigenvalue weighted by atomic mass is 9.91. The molecule has 0 saturated carbocycles. The van der Waals surface area contributed by atoms with Crippen LogP contribution in [0.25, 0.3) is 0 Å². The largest absolute Gasteiger partial charge is 0.474 e. The second-order valence-corrected chi connectivity index (χ2v) is 12.8. The molecule has 1 saturated heterocycles. The summed E-state index contributed by atoms with van der Waals surface area (Å²) in [5, 5.41) is 38.7. The van der Waals surface area contributed by atoms with Crippen molar-refractivity contribution in [3.05, 3.63) is 0 Å². The Kier molecular flexibility index (Phi) is 16.5. The Morgan fingerprint density at radius 3 is 1.69 bits per heavy atom. The zero-order valence-electron chi connectivity index (χ0n) is 23.0. The van der Waals surface area contributed by atoms with Gasteiger partial charge in [-0.05, 0) is 30.1 Å². The van der Waals surface area contributed by atoms with Crippen LogP contribution in [-0.2, 0) is 18.3 Å². The third kappa shape index (κ3) is 13.6. The Labute approximate surface area is 218 Å². The molecule has 10 heteroatoms. The Morgan fingerprint density at radius 1 is 0.750 bits per heavy atom. The van der Waals surface area contributed by atoms with Crippen molar-refractivity contribution in [2.24, 2.45) is 23.7 Å². The number of hydrogen-bond donors (Lipinski definition) is 5. The van der Waals surface area contributed by atoms with Crippen LogP contribution >= 0.6 is 7.82 Å². The Morgan fingerprint density at radius 2 is 1.22 bits per heavy atom. The van der Waals surface area contributed by atoms with Gasteiger partial charge in [0, 0.05) is 0 Å². The van der Waals surface area contributed by atoms with Crippen molar-refractivity contribution >= 4 is 7.82 Å². The minimum absolute atomic E-state index is 0.00336. The van der Waals surface area contributed by atoms with Crippen molar-refractivity contribution < 1.29 is 43.7 Å². The summed E-state index contributed by atoms with van der Waals surface area (Å²) in [6.45, 7) is 10.7. The lowest BCUT2D eigenvalue weighted by molar-refractivity contribution is -0.281.